The first kappa shape index (κ1) is 14.4. The number of ether oxygens (including phenoxy) is 1. The van der Waals surface area contributed by atoms with Gasteiger partial charge in [0.1, 0.15) is 16.8 Å². The largest absolute Gasteiger partial charge is 0.493 e. The maximum Gasteiger partial charge on any atom is 0.127 e. The second-order valence-electron chi connectivity index (χ2n) is 4.84. The molecule has 0 aliphatic heterocycles. The maximum atomic E-state index is 9.28. The van der Waals surface area contributed by atoms with E-state index in [0.717, 1.165) is 16.9 Å². The topological polar surface area (TPSA) is 59.0 Å². The van der Waals surface area contributed by atoms with Crippen LogP contribution in [0.15, 0.2) is 23.6 Å². The Hall–Kier alpha value is -1.99. The number of nitrogens with two attached hydrogens (primary N) is 1. The standard InChI is InChI=1S/C16H18N2OS/c1-4-19-15-6-5-11(10(2)3)7-12(15)14-9-20-16(18)13(14)8-17/h5-7,9-10H,4,18H2,1-3H3. The molecule has 0 bridgehead atoms. The van der Waals surface area contributed by atoms with Crippen LogP contribution in [0.25, 0.3) is 11.1 Å². The molecular formula is C16H18N2OS. The normalized spacial score (nSPS) is 10.6. The third-order valence-electron chi connectivity index (χ3n) is 3.19. The van der Waals surface area contributed by atoms with Gasteiger partial charge >= 0.3 is 0 Å². The van der Waals surface area contributed by atoms with Crippen molar-refractivity contribution < 1.29 is 4.74 Å². The van der Waals surface area contributed by atoms with Gasteiger partial charge in [-0.1, -0.05) is 19.9 Å². The summed E-state index contributed by atoms with van der Waals surface area (Å²) in [6.45, 7) is 6.84. The molecule has 0 aliphatic rings. The van der Waals surface area contributed by atoms with Gasteiger partial charge in [0, 0.05) is 16.5 Å². The second kappa shape index (κ2) is 5.98. The van der Waals surface area contributed by atoms with Crippen LogP contribution in [0, 0.1) is 11.3 Å². The van der Waals surface area contributed by atoms with E-state index in [1.54, 1.807) is 0 Å². The lowest BCUT2D eigenvalue weighted by atomic mass is 9.96. The lowest BCUT2D eigenvalue weighted by Gasteiger charge is -2.13. The van der Waals surface area contributed by atoms with Crippen LogP contribution >= 0.6 is 11.3 Å². The Bertz CT molecular complexity index is 653. The van der Waals surface area contributed by atoms with Crippen molar-refractivity contribution in [3.8, 4) is 22.9 Å². The third kappa shape index (κ3) is 2.63. The van der Waals surface area contributed by atoms with E-state index in [2.05, 4.69) is 32.0 Å². The van der Waals surface area contributed by atoms with E-state index in [9.17, 15) is 5.26 Å². The molecule has 0 aliphatic carbocycles. The van der Waals surface area contributed by atoms with E-state index < -0.39 is 0 Å². The Morgan fingerprint density at radius 2 is 2.10 bits per heavy atom. The summed E-state index contributed by atoms with van der Waals surface area (Å²) in [6, 6.07) is 8.33. The van der Waals surface area contributed by atoms with Gasteiger partial charge in [-0.15, -0.1) is 11.3 Å². The van der Waals surface area contributed by atoms with E-state index in [1.165, 1.54) is 16.9 Å². The zero-order chi connectivity index (χ0) is 14.7. The Morgan fingerprint density at radius 1 is 1.35 bits per heavy atom. The van der Waals surface area contributed by atoms with Crippen molar-refractivity contribution in [2.24, 2.45) is 0 Å². The average Bonchev–Trinajstić information content (AvgIpc) is 2.80. The summed E-state index contributed by atoms with van der Waals surface area (Å²) >= 11 is 1.39. The van der Waals surface area contributed by atoms with E-state index in [1.807, 2.05) is 18.4 Å². The van der Waals surface area contributed by atoms with Gasteiger partial charge in [-0.3, -0.25) is 0 Å². The van der Waals surface area contributed by atoms with Gasteiger partial charge in [-0.05, 0) is 30.5 Å². The molecule has 0 saturated heterocycles. The van der Waals surface area contributed by atoms with E-state index in [4.69, 9.17) is 10.5 Å². The van der Waals surface area contributed by atoms with Crippen molar-refractivity contribution in [3.63, 3.8) is 0 Å². The first-order valence-corrected chi connectivity index (χ1v) is 7.50. The van der Waals surface area contributed by atoms with Crippen LogP contribution in [-0.4, -0.2) is 6.61 Å². The highest BCUT2D eigenvalue weighted by Gasteiger charge is 2.16. The molecule has 3 nitrogen and oxygen atoms in total. The fourth-order valence-electron chi connectivity index (χ4n) is 2.09. The van der Waals surface area contributed by atoms with Crippen LogP contribution in [0.3, 0.4) is 0 Å². The van der Waals surface area contributed by atoms with Crippen molar-refractivity contribution >= 4 is 16.3 Å². The molecule has 4 heteroatoms. The summed E-state index contributed by atoms with van der Waals surface area (Å²) in [5, 5.41) is 11.8. The Morgan fingerprint density at radius 3 is 2.70 bits per heavy atom. The van der Waals surface area contributed by atoms with E-state index in [0.29, 0.717) is 23.1 Å². The quantitative estimate of drug-likeness (QED) is 0.906. The number of nitrogens with zero attached hydrogens (tertiary/aromatic N) is 1. The van der Waals surface area contributed by atoms with E-state index in [-0.39, 0.29) is 0 Å². The molecule has 0 fully saturated rings. The fraction of sp³-hybridized carbons (Fsp3) is 0.312. The molecule has 20 heavy (non-hydrogen) atoms. The van der Waals surface area contributed by atoms with Crippen LogP contribution in [0.2, 0.25) is 0 Å². The number of anilines is 1. The van der Waals surface area contributed by atoms with Gasteiger partial charge in [0.05, 0.1) is 12.2 Å². The van der Waals surface area contributed by atoms with Crippen molar-refractivity contribution in [2.45, 2.75) is 26.7 Å². The number of hydrogen-bond acceptors (Lipinski definition) is 4. The highest BCUT2D eigenvalue weighted by molar-refractivity contribution is 7.14. The summed E-state index contributed by atoms with van der Waals surface area (Å²) in [5.74, 6) is 1.22. The van der Waals surface area contributed by atoms with Gasteiger partial charge in [-0.2, -0.15) is 5.26 Å². The first-order valence-electron chi connectivity index (χ1n) is 6.62. The highest BCUT2D eigenvalue weighted by atomic mass is 32.1. The summed E-state index contributed by atoms with van der Waals surface area (Å²) in [4.78, 5) is 0. The highest BCUT2D eigenvalue weighted by Crippen LogP contribution is 2.39. The fourth-order valence-corrected chi connectivity index (χ4v) is 2.85. The third-order valence-corrected chi connectivity index (χ3v) is 4.00. The predicted molar refractivity (Wildman–Crippen MR) is 84.1 cm³/mol. The molecule has 1 aromatic carbocycles. The van der Waals surface area contributed by atoms with Crippen molar-refractivity contribution in [2.75, 3.05) is 12.3 Å². The minimum absolute atomic E-state index is 0.422. The van der Waals surface area contributed by atoms with Crippen LogP contribution < -0.4 is 10.5 Å². The van der Waals surface area contributed by atoms with Crippen LogP contribution in [0.1, 0.15) is 37.8 Å². The minimum Gasteiger partial charge on any atom is -0.493 e. The number of hydrogen-bond donors (Lipinski definition) is 1. The van der Waals surface area contributed by atoms with Crippen LogP contribution in [0.4, 0.5) is 5.00 Å². The molecule has 0 unspecified atom stereocenters. The van der Waals surface area contributed by atoms with Crippen LogP contribution in [0.5, 0.6) is 5.75 Å². The molecule has 2 aromatic rings. The lowest BCUT2D eigenvalue weighted by molar-refractivity contribution is 0.341. The molecule has 1 heterocycles. The number of rotatable bonds is 4. The predicted octanol–water partition coefficient (Wildman–Crippen LogP) is 4.39. The Balaban J connectivity index is 2.63. The molecule has 1 aromatic heterocycles. The van der Waals surface area contributed by atoms with Crippen molar-refractivity contribution in [3.05, 3.63) is 34.7 Å². The molecule has 104 valence electrons. The zero-order valence-corrected chi connectivity index (χ0v) is 12.8. The molecule has 0 amide bonds. The SMILES string of the molecule is CCOc1ccc(C(C)C)cc1-c1csc(N)c1C#N. The molecule has 0 spiro atoms. The molecule has 0 atom stereocenters. The van der Waals surface area contributed by atoms with E-state index >= 15 is 0 Å². The molecule has 0 saturated carbocycles. The monoisotopic (exact) mass is 286 g/mol. The number of thiophene rings is 1. The lowest BCUT2D eigenvalue weighted by Crippen LogP contribution is -1.97. The Kier molecular flexibility index (Phi) is 4.31. The zero-order valence-electron chi connectivity index (χ0n) is 11.9. The van der Waals surface area contributed by atoms with Crippen molar-refractivity contribution in [1.29, 1.82) is 5.26 Å². The average molecular weight is 286 g/mol. The molecule has 0 radical (unpaired) electrons. The summed E-state index contributed by atoms with van der Waals surface area (Å²) in [7, 11) is 0. The maximum absolute atomic E-state index is 9.28. The smallest absolute Gasteiger partial charge is 0.127 e. The van der Waals surface area contributed by atoms with Gasteiger partial charge < -0.3 is 10.5 Å². The number of nitriles is 1. The number of benzene rings is 1. The van der Waals surface area contributed by atoms with Gasteiger partial charge in [0.2, 0.25) is 0 Å². The van der Waals surface area contributed by atoms with Gasteiger partial charge in [-0.25, -0.2) is 0 Å². The van der Waals surface area contributed by atoms with Gasteiger partial charge in [0.15, 0.2) is 0 Å². The van der Waals surface area contributed by atoms with Gasteiger partial charge in [0.25, 0.3) is 0 Å². The molecule has 2 N–H and O–H groups in total. The summed E-state index contributed by atoms with van der Waals surface area (Å²) in [6.07, 6.45) is 0. The first-order chi connectivity index (χ1) is 9.58. The Labute approximate surface area is 123 Å². The summed E-state index contributed by atoms with van der Waals surface area (Å²) in [5.41, 5.74) is 9.43. The molecule has 2 rings (SSSR count). The summed E-state index contributed by atoms with van der Waals surface area (Å²) < 4.78 is 5.69. The van der Waals surface area contributed by atoms with Crippen LogP contribution in [-0.2, 0) is 0 Å². The number of nitrogen functional groups attached to an aromatic ring is 1. The van der Waals surface area contributed by atoms with Crippen molar-refractivity contribution in [1.82, 2.24) is 0 Å². The minimum atomic E-state index is 0.422. The second-order valence-corrected chi connectivity index (χ2v) is 5.75. The molecular weight excluding hydrogens is 268 g/mol.